The molecule has 0 spiro atoms. The van der Waals surface area contributed by atoms with Crippen molar-refractivity contribution in [1.29, 1.82) is 0 Å². The highest BCUT2D eigenvalue weighted by molar-refractivity contribution is 7.99. The molecule has 0 radical (unpaired) electrons. The van der Waals surface area contributed by atoms with Crippen LogP contribution in [0.15, 0.2) is 0 Å². The van der Waals surface area contributed by atoms with Crippen LogP contribution in [0.3, 0.4) is 0 Å². The molecule has 14 heavy (non-hydrogen) atoms. The Hall–Kier alpha value is 0.270. The summed E-state index contributed by atoms with van der Waals surface area (Å²) < 4.78 is 0. The molecular weight excluding hydrogens is 192 g/mol. The normalized spacial score (nSPS) is 13.5. The molecule has 0 rings (SSSR count). The van der Waals surface area contributed by atoms with Crippen molar-refractivity contribution < 1.29 is 0 Å². The van der Waals surface area contributed by atoms with Crippen molar-refractivity contribution in [3.05, 3.63) is 0 Å². The molecule has 0 saturated carbocycles. The van der Waals surface area contributed by atoms with Crippen molar-refractivity contribution >= 4 is 11.8 Å². The highest BCUT2D eigenvalue weighted by atomic mass is 32.2. The van der Waals surface area contributed by atoms with Crippen LogP contribution in [0.5, 0.6) is 0 Å². The van der Waals surface area contributed by atoms with Crippen LogP contribution in [0.4, 0.5) is 0 Å². The van der Waals surface area contributed by atoms with Crippen LogP contribution < -0.4 is 11.3 Å². The number of thioether (sulfide) groups is 1. The maximum atomic E-state index is 5.51. The second kappa shape index (κ2) is 9.81. The van der Waals surface area contributed by atoms with Gasteiger partial charge in [-0.2, -0.15) is 11.8 Å². The molecule has 0 aromatic heterocycles. The molecule has 86 valence electrons. The smallest absolute Gasteiger partial charge is 0.0301 e. The fourth-order valence-corrected chi connectivity index (χ4v) is 2.46. The quantitative estimate of drug-likeness (QED) is 0.355. The van der Waals surface area contributed by atoms with Gasteiger partial charge in [-0.15, -0.1) is 0 Å². The Morgan fingerprint density at radius 2 is 1.93 bits per heavy atom. The van der Waals surface area contributed by atoms with Crippen LogP contribution in [0.25, 0.3) is 0 Å². The number of rotatable bonds is 9. The van der Waals surface area contributed by atoms with Gasteiger partial charge in [0.25, 0.3) is 0 Å². The summed E-state index contributed by atoms with van der Waals surface area (Å²) in [6, 6.07) is 0.505. The minimum atomic E-state index is 0.505. The third-order valence-electron chi connectivity index (χ3n) is 2.16. The molecule has 0 amide bonds. The molecule has 1 atom stereocenters. The van der Waals surface area contributed by atoms with E-state index in [9.17, 15) is 0 Å². The number of hydrazine groups is 1. The van der Waals surface area contributed by atoms with Gasteiger partial charge in [-0.1, -0.05) is 40.0 Å². The van der Waals surface area contributed by atoms with E-state index in [1.165, 1.54) is 31.4 Å². The first-order valence-corrected chi connectivity index (χ1v) is 6.90. The van der Waals surface area contributed by atoms with E-state index in [1.807, 2.05) is 11.8 Å². The number of unbranched alkanes of at least 4 members (excludes halogenated alkanes) is 2. The molecule has 0 aliphatic carbocycles. The third kappa shape index (κ3) is 8.85. The molecular formula is C11H26N2S. The molecule has 1 unspecified atom stereocenters. The molecule has 3 N–H and O–H groups in total. The zero-order valence-electron chi connectivity index (χ0n) is 9.88. The minimum Gasteiger partial charge on any atom is -0.271 e. The largest absolute Gasteiger partial charge is 0.271 e. The lowest BCUT2D eigenvalue weighted by molar-refractivity contribution is 0.506. The van der Waals surface area contributed by atoms with E-state index in [4.69, 9.17) is 5.84 Å². The van der Waals surface area contributed by atoms with Gasteiger partial charge in [-0.25, -0.2) is 0 Å². The summed E-state index contributed by atoms with van der Waals surface area (Å²) >= 11 is 2.01. The Morgan fingerprint density at radius 3 is 2.43 bits per heavy atom. The average molecular weight is 218 g/mol. The zero-order chi connectivity index (χ0) is 10.8. The molecule has 0 aromatic rings. The maximum absolute atomic E-state index is 5.51. The summed E-state index contributed by atoms with van der Waals surface area (Å²) in [6.45, 7) is 6.75. The van der Waals surface area contributed by atoms with Crippen LogP contribution in [0.1, 0.15) is 46.5 Å². The molecule has 2 nitrogen and oxygen atoms in total. The molecule has 0 fully saturated rings. The predicted molar refractivity (Wildman–Crippen MR) is 67.4 cm³/mol. The summed E-state index contributed by atoms with van der Waals surface area (Å²) in [4.78, 5) is 0. The van der Waals surface area contributed by atoms with Crippen LogP contribution in [-0.4, -0.2) is 17.5 Å². The van der Waals surface area contributed by atoms with E-state index in [-0.39, 0.29) is 0 Å². The van der Waals surface area contributed by atoms with Crippen LogP contribution in [-0.2, 0) is 0 Å². The van der Waals surface area contributed by atoms with Crippen LogP contribution in [0.2, 0.25) is 0 Å². The van der Waals surface area contributed by atoms with E-state index in [0.717, 1.165) is 11.7 Å². The molecule has 0 bridgehead atoms. The Labute approximate surface area is 93.4 Å². The molecule has 0 saturated heterocycles. The van der Waals surface area contributed by atoms with Crippen LogP contribution in [0, 0.1) is 5.92 Å². The van der Waals surface area contributed by atoms with Gasteiger partial charge in [0.1, 0.15) is 0 Å². The van der Waals surface area contributed by atoms with Gasteiger partial charge in [0.15, 0.2) is 0 Å². The van der Waals surface area contributed by atoms with Gasteiger partial charge in [0, 0.05) is 11.8 Å². The Kier molecular flexibility index (Phi) is 10.0. The third-order valence-corrected chi connectivity index (χ3v) is 3.70. The monoisotopic (exact) mass is 218 g/mol. The first-order valence-electron chi connectivity index (χ1n) is 5.74. The SMILES string of the molecule is CCCCCC(CSCC(C)C)NN. The fraction of sp³-hybridized carbons (Fsp3) is 1.00. The number of hydrogen-bond donors (Lipinski definition) is 2. The van der Waals surface area contributed by atoms with Crippen molar-refractivity contribution in [1.82, 2.24) is 5.43 Å². The fourth-order valence-electron chi connectivity index (χ4n) is 1.30. The first kappa shape index (κ1) is 14.3. The van der Waals surface area contributed by atoms with E-state index >= 15 is 0 Å². The number of nitrogens with one attached hydrogen (secondary N) is 1. The van der Waals surface area contributed by atoms with Gasteiger partial charge >= 0.3 is 0 Å². The summed E-state index contributed by atoms with van der Waals surface area (Å²) in [5.41, 5.74) is 2.91. The van der Waals surface area contributed by atoms with Crippen LogP contribution >= 0.6 is 11.8 Å². The minimum absolute atomic E-state index is 0.505. The maximum Gasteiger partial charge on any atom is 0.0301 e. The standard InChI is InChI=1S/C11H26N2S/c1-4-5-6-7-11(13-12)9-14-8-10(2)3/h10-11,13H,4-9,12H2,1-3H3. The molecule has 0 aliphatic rings. The van der Waals surface area contributed by atoms with E-state index in [0.29, 0.717) is 6.04 Å². The topological polar surface area (TPSA) is 38.0 Å². The van der Waals surface area contributed by atoms with Gasteiger partial charge < -0.3 is 0 Å². The van der Waals surface area contributed by atoms with Gasteiger partial charge in [0.05, 0.1) is 0 Å². The average Bonchev–Trinajstić information content (AvgIpc) is 2.15. The summed E-state index contributed by atoms with van der Waals surface area (Å²) in [7, 11) is 0. The molecule has 0 heterocycles. The lowest BCUT2D eigenvalue weighted by atomic mass is 10.1. The van der Waals surface area contributed by atoms with Crippen molar-refractivity contribution in [2.75, 3.05) is 11.5 Å². The lowest BCUT2D eigenvalue weighted by Crippen LogP contribution is -2.37. The number of nitrogens with two attached hydrogens (primary N) is 1. The highest BCUT2D eigenvalue weighted by Gasteiger charge is 2.06. The molecule has 0 aromatic carbocycles. The van der Waals surface area contributed by atoms with Crippen molar-refractivity contribution in [2.45, 2.75) is 52.5 Å². The van der Waals surface area contributed by atoms with Gasteiger partial charge in [-0.05, 0) is 18.1 Å². The molecule has 3 heteroatoms. The van der Waals surface area contributed by atoms with E-state index in [2.05, 4.69) is 26.2 Å². The zero-order valence-corrected chi connectivity index (χ0v) is 10.7. The van der Waals surface area contributed by atoms with Crippen molar-refractivity contribution in [3.63, 3.8) is 0 Å². The van der Waals surface area contributed by atoms with Gasteiger partial charge in [-0.3, -0.25) is 11.3 Å². The first-order chi connectivity index (χ1) is 6.70. The Bertz CT molecular complexity index is 118. The Morgan fingerprint density at radius 1 is 1.21 bits per heavy atom. The van der Waals surface area contributed by atoms with Crippen molar-refractivity contribution in [2.24, 2.45) is 11.8 Å². The summed E-state index contributed by atoms with van der Waals surface area (Å²) in [5, 5.41) is 0. The highest BCUT2D eigenvalue weighted by Crippen LogP contribution is 2.12. The predicted octanol–water partition coefficient (Wildman–Crippen LogP) is 2.79. The lowest BCUT2D eigenvalue weighted by Gasteiger charge is -2.15. The summed E-state index contributed by atoms with van der Waals surface area (Å²) in [5.74, 6) is 8.69. The van der Waals surface area contributed by atoms with Crippen molar-refractivity contribution in [3.8, 4) is 0 Å². The van der Waals surface area contributed by atoms with E-state index in [1.54, 1.807) is 0 Å². The summed E-state index contributed by atoms with van der Waals surface area (Å²) in [6.07, 6.45) is 5.13. The molecule has 0 aliphatic heterocycles. The number of hydrogen-bond acceptors (Lipinski definition) is 3. The van der Waals surface area contributed by atoms with E-state index < -0.39 is 0 Å². The second-order valence-electron chi connectivity index (χ2n) is 4.29. The van der Waals surface area contributed by atoms with Gasteiger partial charge in [0.2, 0.25) is 0 Å². The Balaban J connectivity index is 3.38. The second-order valence-corrected chi connectivity index (χ2v) is 5.37.